The van der Waals surface area contributed by atoms with Crippen LogP contribution in [0.25, 0.3) is 20.5 Å². The number of halogens is 1. The van der Waals surface area contributed by atoms with Gasteiger partial charge >= 0.3 is 11.1 Å². The zero-order valence-corrected chi connectivity index (χ0v) is 13.9. The van der Waals surface area contributed by atoms with Crippen molar-refractivity contribution in [1.82, 2.24) is 0 Å². The van der Waals surface area contributed by atoms with Crippen molar-refractivity contribution >= 4 is 56.1 Å². The maximum atomic E-state index is 11.6. The molecule has 2 heterocycles. The number of rotatable bonds is 3. The van der Waals surface area contributed by atoms with Crippen LogP contribution in [-0.4, -0.2) is 17.4 Å². The molecule has 1 N–H and O–H groups in total. The van der Waals surface area contributed by atoms with Gasteiger partial charge in [-0.05, 0) is 52.4 Å². The lowest BCUT2D eigenvalue weighted by molar-refractivity contribution is -0.130. The van der Waals surface area contributed by atoms with Gasteiger partial charge in [0.15, 0.2) is 0 Å². The number of thiophene rings is 1. The van der Waals surface area contributed by atoms with E-state index in [9.17, 15) is 9.59 Å². The first-order chi connectivity index (χ1) is 11.6. The molecule has 0 saturated heterocycles. The van der Waals surface area contributed by atoms with E-state index in [1.165, 1.54) is 10.1 Å². The SMILES string of the molecule is O=C(Cl)C(=O)Nc1cc2c(c(-c3cc4ccccc4s3)c1)CN=C2. The van der Waals surface area contributed by atoms with Gasteiger partial charge in [-0.2, -0.15) is 0 Å². The van der Waals surface area contributed by atoms with Crippen molar-refractivity contribution in [3.05, 3.63) is 53.6 Å². The van der Waals surface area contributed by atoms with Gasteiger partial charge in [0.25, 0.3) is 0 Å². The summed E-state index contributed by atoms with van der Waals surface area (Å²) in [6.45, 7) is 0.613. The number of amides is 1. The van der Waals surface area contributed by atoms with Gasteiger partial charge in [-0.15, -0.1) is 11.3 Å². The Kier molecular flexibility index (Phi) is 3.67. The highest BCUT2D eigenvalue weighted by atomic mass is 35.5. The van der Waals surface area contributed by atoms with E-state index in [-0.39, 0.29) is 0 Å². The van der Waals surface area contributed by atoms with Crippen LogP contribution in [-0.2, 0) is 16.1 Å². The smallest absolute Gasteiger partial charge is 0.310 e. The molecule has 2 aromatic carbocycles. The topological polar surface area (TPSA) is 58.5 Å². The Bertz CT molecular complexity index is 990. The Balaban J connectivity index is 1.83. The lowest BCUT2D eigenvalue weighted by Crippen LogP contribution is -2.18. The van der Waals surface area contributed by atoms with Crippen molar-refractivity contribution in [3.63, 3.8) is 0 Å². The van der Waals surface area contributed by atoms with Gasteiger partial charge < -0.3 is 5.32 Å². The summed E-state index contributed by atoms with van der Waals surface area (Å²) in [7, 11) is 0. The number of benzene rings is 2. The molecule has 4 nitrogen and oxygen atoms in total. The molecule has 0 bridgehead atoms. The van der Waals surface area contributed by atoms with E-state index in [1.54, 1.807) is 23.6 Å². The molecule has 0 saturated carbocycles. The molecule has 0 atom stereocenters. The van der Waals surface area contributed by atoms with E-state index >= 15 is 0 Å². The molecule has 1 aliphatic rings. The van der Waals surface area contributed by atoms with Crippen LogP contribution in [0.4, 0.5) is 5.69 Å². The lowest BCUT2D eigenvalue weighted by atomic mass is 10.0. The number of fused-ring (bicyclic) bond motifs is 2. The fourth-order valence-electron chi connectivity index (χ4n) is 2.81. The number of aliphatic imine (C=N–C) groups is 1. The molecule has 0 fully saturated rings. The van der Waals surface area contributed by atoms with Crippen molar-refractivity contribution < 1.29 is 9.59 Å². The van der Waals surface area contributed by atoms with E-state index in [2.05, 4.69) is 28.5 Å². The highest BCUT2D eigenvalue weighted by Gasteiger charge is 2.18. The Morgan fingerprint density at radius 2 is 2.00 bits per heavy atom. The molecule has 1 amide bonds. The van der Waals surface area contributed by atoms with Crippen molar-refractivity contribution in [2.24, 2.45) is 4.99 Å². The highest BCUT2D eigenvalue weighted by molar-refractivity contribution is 7.22. The second-order valence-electron chi connectivity index (χ2n) is 5.44. The van der Waals surface area contributed by atoms with Gasteiger partial charge in [0.2, 0.25) is 0 Å². The van der Waals surface area contributed by atoms with Gasteiger partial charge in [0.1, 0.15) is 0 Å². The number of nitrogens with one attached hydrogen (secondary N) is 1. The van der Waals surface area contributed by atoms with E-state index < -0.39 is 11.1 Å². The molecule has 0 aliphatic carbocycles. The Hall–Kier alpha value is -2.50. The highest BCUT2D eigenvalue weighted by Crippen LogP contribution is 2.38. The van der Waals surface area contributed by atoms with Gasteiger partial charge in [-0.1, -0.05) is 18.2 Å². The molecule has 3 aromatic rings. The summed E-state index contributed by atoms with van der Waals surface area (Å²) in [4.78, 5) is 28.0. The third-order valence-corrected chi connectivity index (χ3v) is 5.21. The van der Waals surface area contributed by atoms with Crippen LogP contribution < -0.4 is 5.32 Å². The van der Waals surface area contributed by atoms with Crippen molar-refractivity contribution in [2.75, 3.05) is 5.32 Å². The summed E-state index contributed by atoms with van der Waals surface area (Å²) < 4.78 is 1.20. The summed E-state index contributed by atoms with van der Waals surface area (Å²) >= 11 is 6.92. The number of hydrogen-bond acceptors (Lipinski definition) is 4. The van der Waals surface area contributed by atoms with E-state index in [0.29, 0.717) is 12.2 Å². The van der Waals surface area contributed by atoms with Crippen LogP contribution in [0, 0.1) is 0 Å². The first-order valence-electron chi connectivity index (χ1n) is 7.28. The molecular formula is C18H11ClN2O2S. The zero-order valence-electron chi connectivity index (χ0n) is 12.4. The second kappa shape index (κ2) is 5.85. The average Bonchev–Trinajstić information content (AvgIpc) is 3.20. The molecule has 0 radical (unpaired) electrons. The quantitative estimate of drug-likeness (QED) is 0.566. The summed E-state index contributed by atoms with van der Waals surface area (Å²) in [6, 6.07) is 14.0. The zero-order chi connectivity index (χ0) is 16.7. The molecule has 118 valence electrons. The van der Waals surface area contributed by atoms with Gasteiger partial charge in [-0.25, -0.2) is 0 Å². The Labute approximate surface area is 146 Å². The monoisotopic (exact) mass is 354 g/mol. The van der Waals surface area contributed by atoms with Crippen molar-refractivity contribution in [3.8, 4) is 10.4 Å². The predicted octanol–water partition coefficient (Wildman–Crippen LogP) is 4.20. The van der Waals surface area contributed by atoms with E-state index in [1.807, 2.05) is 18.2 Å². The van der Waals surface area contributed by atoms with Crippen molar-refractivity contribution in [2.45, 2.75) is 6.54 Å². The summed E-state index contributed by atoms with van der Waals surface area (Å²) in [5, 5.41) is 2.68. The number of anilines is 1. The molecule has 4 rings (SSSR count). The Morgan fingerprint density at radius 3 is 2.79 bits per heavy atom. The van der Waals surface area contributed by atoms with E-state index in [4.69, 9.17) is 11.6 Å². The lowest BCUT2D eigenvalue weighted by Gasteiger charge is -2.10. The molecule has 0 spiro atoms. The summed E-state index contributed by atoms with van der Waals surface area (Å²) in [5.41, 5.74) is 3.62. The fourth-order valence-corrected chi connectivity index (χ4v) is 3.96. The maximum Gasteiger partial charge on any atom is 0.310 e. The van der Waals surface area contributed by atoms with Gasteiger partial charge in [-0.3, -0.25) is 14.6 Å². The minimum absolute atomic E-state index is 0.536. The predicted molar refractivity (Wildman–Crippen MR) is 98.0 cm³/mol. The largest absolute Gasteiger partial charge is 0.318 e. The molecule has 6 heteroatoms. The molecular weight excluding hydrogens is 344 g/mol. The molecule has 1 aromatic heterocycles. The molecule has 24 heavy (non-hydrogen) atoms. The standard InChI is InChI=1S/C18H11ClN2O2S/c19-17(22)18(23)21-12-5-11-8-20-9-14(11)13(7-12)16-6-10-3-1-2-4-15(10)24-16/h1-8H,9H2,(H,21,23). The van der Waals surface area contributed by atoms with Gasteiger partial charge in [0, 0.05) is 27.0 Å². The number of nitrogens with zero attached hydrogens (tertiary/aromatic N) is 1. The van der Waals surface area contributed by atoms with Crippen LogP contribution in [0.5, 0.6) is 0 Å². The van der Waals surface area contributed by atoms with Crippen LogP contribution in [0.3, 0.4) is 0 Å². The maximum absolute atomic E-state index is 11.6. The Morgan fingerprint density at radius 1 is 1.17 bits per heavy atom. The number of carbonyl (C=O) groups is 2. The summed E-state index contributed by atoms with van der Waals surface area (Å²) in [5.74, 6) is -0.839. The minimum atomic E-state index is -1.03. The third-order valence-electron chi connectivity index (χ3n) is 3.89. The second-order valence-corrected chi connectivity index (χ2v) is 6.86. The first kappa shape index (κ1) is 15.1. The van der Waals surface area contributed by atoms with Crippen molar-refractivity contribution in [1.29, 1.82) is 0 Å². The van der Waals surface area contributed by atoms with Crippen LogP contribution in [0.2, 0.25) is 0 Å². The van der Waals surface area contributed by atoms with E-state index in [0.717, 1.165) is 21.6 Å². The van der Waals surface area contributed by atoms with Crippen LogP contribution >= 0.6 is 22.9 Å². The van der Waals surface area contributed by atoms with Crippen LogP contribution in [0.15, 0.2) is 47.5 Å². The first-order valence-corrected chi connectivity index (χ1v) is 8.48. The third kappa shape index (κ3) is 2.62. The number of hydrogen-bond donors (Lipinski definition) is 1. The normalized spacial score (nSPS) is 12.4. The number of carbonyl (C=O) groups excluding carboxylic acids is 2. The average molecular weight is 355 g/mol. The molecule has 1 aliphatic heterocycles. The van der Waals surface area contributed by atoms with Crippen LogP contribution in [0.1, 0.15) is 11.1 Å². The minimum Gasteiger partial charge on any atom is -0.318 e. The molecule has 0 unspecified atom stereocenters. The fraction of sp³-hybridized carbons (Fsp3) is 0.0556. The van der Waals surface area contributed by atoms with Gasteiger partial charge in [0.05, 0.1) is 6.54 Å². The summed E-state index contributed by atoms with van der Waals surface area (Å²) in [6.07, 6.45) is 1.78.